The van der Waals surface area contributed by atoms with Gasteiger partial charge in [-0.3, -0.25) is 9.78 Å². The van der Waals surface area contributed by atoms with Crippen LogP contribution in [0.5, 0.6) is 11.5 Å². The zero-order chi connectivity index (χ0) is 26.7. The van der Waals surface area contributed by atoms with E-state index in [-0.39, 0.29) is 53.2 Å². The number of aromatic nitrogens is 3. The van der Waals surface area contributed by atoms with Gasteiger partial charge in [0.25, 0.3) is 0 Å². The Morgan fingerprint density at radius 3 is 2.46 bits per heavy atom. The molecule has 1 aliphatic rings. The molecule has 1 amide bonds. The minimum atomic E-state index is -0.681. The van der Waals surface area contributed by atoms with Crippen LogP contribution in [0.15, 0.2) is 24.4 Å². The normalized spacial score (nSPS) is 14.8. The third-order valence-corrected chi connectivity index (χ3v) is 6.23. The van der Waals surface area contributed by atoms with Crippen LogP contribution < -0.4 is 25.4 Å². The van der Waals surface area contributed by atoms with E-state index >= 15 is 4.39 Å². The molecule has 10 nitrogen and oxygen atoms in total. The van der Waals surface area contributed by atoms with Gasteiger partial charge in [0, 0.05) is 44.0 Å². The van der Waals surface area contributed by atoms with E-state index in [1.165, 1.54) is 20.3 Å². The number of halogens is 2. The number of nitrogen functional groups attached to an aromatic ring is 1. The van der Waals surface area contributed by atoms with Crippen molar-refractivity contribution in [3.8, 4) is 11.5 Å². The zero-order valence-electron chi connectivity index (χ0n) is 21.3. The number of anilines is 2. The molecule has 4 rings (SSSR count). The second kappa shape index (κ2) is 11.1. The molecule has 2 aromatic heterocycles. The summed E-state index contributed by atoms with van der Waals surface area (Å²) < 4.78 is 38.8. The lowest BCUT2D eigenvalue weighted by Crippen LogP contribution is -2.50. The maximum Gasteiger partial charge on any atom is 0.228 e. The number of piperazine rings is 1. The number of nitrogens with two attached hydrogens (primary N) is 1. The molecule has 12 heteroatoms. The summed E-state index contributed by atoms with van der Waals surface area (Å²) in [7, 11) is 2.76. The molecule has 0 aliphatic carbocycles. The number of ether oxygens (including phenoxy) is 2. The number of carbonyl (C=O) groups excluding carboxylic acids is 1. The molecule has 0 bridgehead atoms. The Morgan fingerprint density at radius 1 is 1.14 bits per heavy atom. The number of nitrogens with one attached hydrogen (secondary N) is 1. The van der Waals surface area contributed by atoms with E-state index in [0.29, 0.717) is 37.3 Å². The number of pyridine rings is 1. The fourth-order valence-electron chi connectivity index (χ4n) is 4.38. The first kappa shape index (κ1) is 26.3. The highest BCUT2D eigenvalue weighted by Crippen LogP contribution is 2.37. The Morgan fingerprint density at radius 2 is 1.86 bits per heavy atom. The molecule has 3 heterocycles. The minimum Gasteiger partial charge on any atom is -0.493 e. The number of amides is 1. The summed E-state index contributed by atoms with van der Waals surface area (Å²) in [5.74, 6) is -0.627. The predicted molar refractivity (Wildman–Crippen MR) is 136 cm³/mol. The van der Waals surface area contributed by atoms with Gasteiger partial charge in [-0.25, -0.2) is 13.8 Å². The van der Waals surface area contributed by atoms with Crippen LogP contribution >= 0.6 is 0 Å². The lowest BCUT2D eigenvalue weighted by Gasteiger charge is -2.35. The highest BCUT2D eigenvalue weighted by molar-refractivity contribution is 5.92. The van der Waals surface area contributed by atoms with Gasteiger partial charge in [-0.2, -0.15) is 4.98 Å². The summed E-state index contributed by atoms with van der Waals surface area (Å²) in [6, 6.07) is 4.24. The molecule has 0 spiro atoms. The number of hydrogen-bond donors (Lipinski definition) is 2. The lowest BCUT2D eigenvalue weighted by molar-refractivity contribution is -0.132. The van der Waals surface area contributed by atoms with Crippen LogP contribution in [0.3, 0.4) is 0 Å². The van der Waals surface area contributed by atoms with Crippen LogP contribution in [0.2, 0.25) is 0 Å². The van der Waals surface area contributed by atoms with Gasteiger partial charge >= 0.3 is 0 Å². The third-order valence-electron chi connectivity index (χ3n) is 6.23. The van der Waals surface area contributed by atoms with Crippen molar-refractivity contribution in [3.63, 3.8) is 0 Å². The van der Waals surface area contributed by atoms with Crippen molar-refractivity contribution in [3.05, 3.63) is 41.7 Å². The number of rotatable bonds is 8. The SMILES string of the molecule is COc1cc2c(N)nc(N3CCN(C(=O)CC(NC(C)C)c4ccc(F)cn4)CC3)nc2c(F)c1OC. The molecule has 198 valence electrons. The van der Waals surface area contributed by atoms with Crippen molar-refractivity contribution in [2.24, 2.45) is 0 Å². The molecule has 1 atom stereocenters. The van der Waals surface area contributed by atoms with Gasteiger partial charge in [0.05, 0.1) is 32.2 Å². The van der Waals surface area contributed by atoms with Gasteiger partial charge in [0.15, 0.2) is 17.3 Å². The zero-order valence-corrected chi connectivity index (χ0v) is 21.3. The third kappa shape index (κ3) is 5.63. The van der Waals surface area contributed by atoms with E-state index in [2.05, 4.69) is 20.3 Å². The van der Waals surface area contributed by atoms with Crippen molar-refractivity contribution in [2.45, 2.75) is 32.4 Å². The number of nitrogens with zero attached hydrogens (tertiary/aromatic N) is 5. The molecule has 37 heavy (non-hydrogen) atoms. The maximum atomic E-state index is 15.1. The van der Waals surface area contributed by atoms with Crippen LogP contribution in [0.1, 0.15) is 32.0 Å². The van der Waals surface area contributed by atoms with E-state index < -0.39 is 11.6 Å². The fraction of sp³-hybridized carbons (Fsp3) is 0.440. The van der Waals surface area contributed by atoms with Gasteiger partial charge in [-0.05, 0) is 18.2 Å². The van der Waals surface area contributed by atoms with E-state index in [9.17, 15) is 9.18 Å². The van der Waals surface area contributed by atoms with E-state index in [1.807, 2.05) is 18.7 Å². The van der Waals surface area contributed by atoms with E-state index in [1.54, 1.807) is 17.0 Å². The van der Waals surface area contributed by atoms with Gasteiger partial charge in [-0.1, -0.05) is 13.8 Å². The van der Waals surface area contributed by atoms with Crippen molar-refractivity contribution >= 4 is 28.6 Å². The molecule has 3 aromatic rings. The first-order valence-corrected chi connectivity index (χ1v) is 12.0. The van der Waals surface area contributed by atoms with Crippen LogP contribution in [-0.4, -0.2) is 72.2 Å². The number of methoxy groups -OCH3 is 2. The standard InChI is InChI=1S/C25H31F2N7O3/c1-14(2)30-18(17-6-5-15(26)13-29-17)12-20(35)33-7-9-34(10-8-33)25-31-22-16(24(28)32-25)11-19(36-3)23(37-4)21(22)27/h5-6,11,13-14,18,30H,7-10,12H2,1-4H3,(H2,28,31,32). The highest BCUT2D eigenvalue weighted by atomic mass is 19.1. The Labute approximate surface area is 213 Å². The largest absolute Gasteiger partial charge is 0.493 e. The Kier molecular flexibility index (Phi) is 7.86. The van der Waals surface area contributed by atoms with E-state index in [4.69, 9.17) is 15.2 Å². The van der Waals surface area contributed by atoms with Crippen molar-refractivity contribution < 1.29 is 23.0 Å². The molecule has 1 aromatic carbocycles. The molecule has 1 aliphatic heterocycles. The predicted octanol–water partition coefficient (Wildman–Crippen LogP) is 2.68. The van der Waals surface area contributed by atoms with Crippen molar-refractivity contribution in [1.29, 1.82) is 0 Å². The molecule has 1 unspecified atom stereocenters. The second-order valence-electron chi connectivity index (χ2n) is 9.08. The summed E-state index contributed by atoms with van der Waals surface area (Å²) in [5.41, 5.74) is 6.78. The highest BCUT2D eigenvalue weighted by Gasteiger charge is 2.27. The molecular weight excluding hydrogens is 484 g/mol. The molecule has 3 N–H and O–H groups in total. The molecule has 1 saturated heterocycles. The topological polar surface area (TPSA) is 119 Å². The van der Waals surface area contributed by atoms with Crippen LogP contribution in [0, 0.1) is 11.6 Å². The van der Waals surface area contributed by atoms with Gasteiger partial charge in [-0.15, -0.1) is 0 Å². The number of hydrogen-bond acceptors (Lipinski definition) is 9. The lowest BCUT2D eigenvalue weighted by atomic mass is 10.1. The quantitative estimate of drug-likeness (QED) is 0.467. The number of benzene rings is 1. The summed E-state index contributed by atoms with van der Waals surface area (Å²) in [6.07, 6.45) is 1.33. The maximum absolute atomic E-state index is 15.1. The van der Waals surface area contributed by atoms with E-state index in [0.717, 1.165) is 6.20 Å². The monoisotopic (exact) mass is 515 g/mol. The molecule has 1 fully saturated rings. The molecule has 0 radical (unpaired) electrons. The summed E-state index contributed by atoms with van der Waals surface area (Å²) in [4.78, 5) is 29.7. The first-order chi connectivity index (χ1) is 17.7. The average molecular weight is 516 g/mol. The van der Waals surface area contributed by atoms with Crippen LogP contribution in [0.25, 0.3) is 10.9 Å². The Hall–Kier alpha value is -3.80. The number of fused-ring (bicyclic) bond motifs is 1. The molecule has 0 saturated carbocycles. The van der Waals surface area contributed by atoms with Gasteiger partial charge < -0.3 is 30.3 Å². The summed E-state index contributed by atoms with van der Waals surface area (Å²) in [6.45, 7) is 5.71. The Bertz CT molecular complexity index is 1270. The fourth-order valence-corrected chi connectivity index (χ4v) is 4.38. The van der Waals surface area contributed by atoms with Crippen LogP contribution in [0.4, 0.5) is 20.5 Å². The minimum absolute atomic E-state index is 0.0352. The van der Waals surface area contributed by atoms with Gasteiger partial charge in [0.2, 0.25) is 11.9 Å². The molecular formula is C25H31F2N7O3. The number of carbonyl (C=O) groups is 1. The van der Waals surface area contributed by atoms with Crippen molar-refractivity contribution in [2.75, 3.05) is 51.0 Å². The average Bonchev–Trinajstić information content (AvgIpc) is 2.88. The van der Waals surface area contributed by atoms with Crippen molar-refractivity contribution in [1.82, 2.24) is 25.2 Å². The summed E-state index contributed by atoms with van der Waals surface area (Å²) >= 11 is 0. The van der Waals surface area contributed by atoms with Gasteiger partial charge in [0.1, 0.15) is 17.2 Å². The summed E-state index contributed by atoms with van der Waals surface area (Å²) in [5, 5.41) is 3.66. The Balaban J connectivity index is 1.47. The van der Waals surface area contributed by atoms with Crippen LogP contribution in [-0.2, 0) is 4.79 Å². The second-order valence-corrected chi connectivity index (χ2v) is 9.08. The smallest absolute Gasteiger partial charge is 0.228 e. The first-order valence-electron chi connectivity index (χ1n) is 12.0.